The summed E-state index contributed by atoms with van der Waals surface area (Å²) in [6.45, 7) is -0.194. The second-order valence-corrected chi connectivity index (χ2v) is 10.1. The predicted octanol–water partition coefficient (Wildman–Crippen LogP) is 1.65. The standard InChI is InChI=1S/C21H21N3O7S2/c1-23(2)33(28,29)15-8-5-13(6-9-15)19(26)22-21-24(12-18(25)30-3)16-10-7-14(20(27)31-4)11-17(16)32-21/h5-11H,12H2,1-4H3. The first-order valence-electron chi connectivity index (χ1n) is 9.48. The number of carbonyl (C=O) groups is 3. The average Bonchev–Trinajstić information content (AvgIpc) is 3.14. The molecule has 1 amide bonds. The second-order valence-electron chi connectivity index (χ2n) is 6.95. The van der Waals surface area contributed by atoms with Gasteiger partial charge in [-0.3, -0.25) is 9.59 Å². The highest BCUT2D eigenvalue weighted by Gasteiger charge is 2.18. The van der Waals surface area contributed by atoms with Crippen molar-refractivity contribution in [3.05, 3.63) is 58.4 Å². The molecule has 0 spiro atoms. The van der Waals surface area contributed by atoms with Crippen molar-refractivity contribution < 1.29 is 32.3 Å². The van der Waals surface area contributed by atoms with Crippen molar-refractivity contribution in [1.29, 1.82) is 0 Å². The summed E-state index contributed by atoms with van der Waals surface area (Å²) in [6, 6.07) is 10.2. The zero-order chi connectivity index (χ0) is 24.3. The molecular formula is C21H21N3O7S2. The van der Waals surface area contributed by atoms with E-state index in [4.69, 9.17) is 9.47 Å². The molecule has 2 aromatic carbocycles. The normalized spacial score (nSPS) is 12.2. The van der Waals surface area contributed by atoms with E-state index in [0.717, 1.165) is 15.6 Å². The fourth-order valence-corrected chi connectivity index (χ4v) is 4.85. The van der Waals surface area contributed by atoms with Crippen LogP contribution >= 0.6 is 11.3 Å². The topological polar surface area (TPSA) is 124 Å². The van der Waals surface area contributed by atoms with E-state index >= 15 is 0 Å². The molecule has 0 bridgehead atoms. The first-order valence-corrected chi connectivity index (χ1v) is 11.7. The molecule has 3 aromatic rings. The van der Waals surface area contributed by atoms with Crippen LogP contribution in [0.4, 0.5) is 0 Å². The molecule has 0 aliphatic carbocycles. The number of ether oxygens (including phenoxy) is 2. The second kappa shape index (κ2) is 9.65. The quantitative estimate of drug-likeness (QED) is 0.480. The lowest BCUT2D eigenvalue weighted by molar-refractivity contribution is -0.141. The summed E-state index contributed by atoms with van der Waals surface area (Å²) in [5, 5.41) is 0. The van der Waals surface area contributed by atoms with Crippen LogP contribution in [-0.4, -0.2) is 63.5 Å². The lowest BCUT2D eigenvalue weighted by Gasteiger charge is -2.11. The van der Waals surface area contributed by atoms with Crippen LogP contribution in [-0.2, 0) is 30.8 Å². The maximum absolute atomic E-state index is 12.8. The molecule has 0 atom stereocenters. The van der Waals surface area contributed by atoms with Gasteiger partial charge in [0.05, 0.1) is 34.9 Å². The van der Waals surface area contributed by atoms with E-state index < -0.39 is 27.9 Å². The van der Waals surface area contributed by atoms with Crippen molar-refractivity contribution in [1.82, 2.24) is 8.87 Å². The Bertz CT molecular complexity index is 1400. The summed E-state index contributed by atoms with van der Waals surface area (Å²) >= 11 is 1.11. The molecule has 12 heteroatoms. The molecule has 3 rings (SSSR count). The summed E-state index contributed by atoms with van der Waals surface area (Å²) < 4.78 is 37.1. The van der Waals surface area contributed by atoms with E-state index in [9.17, 15) is 22.8 Å². The number of sulfonamides is 1. The fraction of sp³-hybridized carbons (Fsp3) is 0.238. The van der Waals surface area contributed by atoms with E-state index in [0.29, 0.717) is 15.8 Å². The molecule has 0 saturated heterocycles. The van der Waals surface area contributed by atoms with E-state index in [1.165, 1.54) is 57.1 Å². The van der Waals surface area contributed by atoms with Crippen LogP contribution in [0.3, 0.4) is 0 Å². The number of amides is 1. The Balaban J connectivity index is 2.07. The Morgan fingerprint density at radius 1 is 1.00 bits per heavy atom. The van der Waals surface area contributed by atoms with Crippen LogP contribution in [0.15, 0.2) is 52.4 Å². The molecule has 0 fully saturated rings. The first kappa shape index (κ1) is 24.3. The molecule has 0 unspecified atom stereocenters. The number of carbonyl (C=O) groups excluding carboxylic acids is 3. The average molecular weight is 492 g/mol. The number of benzene rings is 2. The lowest BCUT2D eigenvalue weighted by Crippen LogP contribution is -2.23. The Morgan fingerprint density at radius 2 is 1.64 bits per heavy atom. The zero-order valence-electron chi connectivity index (χ0n) is 18.3. The number of rotatable bonds is 6. The molecule has 10 nitrogen and oxygen atoms in total. The SMILES string of the molecule is COC(=O)Cn1c(=NC(=O)c2ccc(S(=O)(=O)N(C)C)cc2)sc2cc(C(=O)OC)ccc21. The number of fused-ring (bicyclic) bond motifs is 1. The highest BCUT2D eigenvalue weighted by atomic mass is 32.2. The van der Waals surface area contributed by atoms with Crippen molar-refractivity contribution in [2.45, 2.75) is 11.4 Å². The maximum atomic E-state index is 12.8. The first-order chi connectivity index (χ1) is 15.6. The van der Waals surface area contributed by atoms with Gasteiger partial charge in [-0.1, -0.05) is 11.3 Å². The van der Waals surface area contributed by atoms with Gasteiger partial charge >= 0.3 is 11.9 Å². The Labute approximate surface area is 193 Å². The van der Waals surface area contributed by atoms with Gasteiger partial charge in [0.1, 0.15) is 6.54 Å². The summed E-state index contributed by atoms with van der Waals surface area (Å²) in [5.74, 6) is -1.69. The van der Waals surface area contributed by atoms with E-state index in [1.807, 2.05) is 0 Å². The van der Waals surface area contributed by atoms with Gasteiger partial charge in [-0.05, 0) is 42.5 Å². The molecule has 174 valence electrons. The minimum Gasteiger partial charge on any atom is -0.468 e. The van der Waals surface area contributed by atoms with Crippen molar-refractivity contribution >= 4 is 49.4 Å². The molecule has 0 aliphatic rings. The van der Waals surface area contributed by atoms with Crippen molar-refractivity contribution in [3.63, 3.8) is 0 Å². The van der Waals surface area contributed by atoms with Crippen LogP contribution in [0.1, 0.15) is 20.7 Å². The number of thiazole rings is 1. The minimum absolute atomic E-state index is 0.0435. The van der Waals surface area contributed by atoms with Gasteiger partial charge in [-0.2, -0.15) is 4.99 Å². The third-order valence-corrected chi connectivity index (χ3v) is 7.57. The van der Waals surface area contributed by atoms with Gasteiger partial charge < -0.3 is 14.0 Å². The van der Waals surface area contributed by atoms with Gasteiger partial charge in [0, 0.05) is 19.7 Å². The number of aromatic nitrogens is 1. The minimum atomic E-state index is -3.63. The van der Waals surface area contributed by atoms with Gasteiger partial charge in [0.2, 0.25) is 10.0 Å². The Hall–Kier alpha value is -3.35. The smallest absolute Gasteiger partial charge is 0.337 e. The molecule has 33 heavy (non-hydrogen) atoms. The highest BCUT2D eigenvalue weighted by Crippen LogP contribution is 2.20. The fourth-order valence-electron chi connectivity index (χ4n) is 2.88. The summed E-state index contributed by atoms with van der Waals surface area (Å²) in [7, 11) is 1.71. The van der Waals surface area contributed by atoms with Crippen LogP contribution in [0.2, 0.25) is 0 Å². The molecule has 1 heterocycles. The third kappa shape index (κ3) is 5.02. The van der Waals surface area contributed by atoms with Gasteiger partial charge in [0.15, 0.2) is 4.80 Å². The van der Waals surface area contributed by atoms with E-state index in [1.54, 1.807) is 18.2 Å². The summed E-state index contributed by atoms with van der Waals surface area (Å²) in [4.78, 5) is 41.0. The maximum Gasteiger partial charge on any atom is 0.337 e. The lowest BCUT2D eigenvalue weighted by atomic mass is 10.2. The highest BCUT2D eigenvalue weighted by molar-refractivity contribution is 7.89. The third-order valence-electron chi connectivity index (χ3n) is 4.70. The molecule has 0 aliphatic heterocycles. The molecule has 0 saturated carbocycles. The van der Waals surface area contributed by atoms with Gasteiger partial charge in [-0.15, -0.1) is 0 Å². The van der Waals surface area contributed by atoms with Crippen LogP contribution < -0.4 is 4.80 Å². The van der Waals surface area contributed by atoms with Crippen LogP contribution in [0.25, 0.3) is 10.2 Å². The molecule has 0 radical (unpaired) electrons. The molecule has 0 N–H and O–H groups in total. The van der Waals surface area contributed by atoms with E-state index in [-0.39, 0.29) is 21.8 Å². The predicted molar refractivity (Wildman–Crippen MR) is 120 cm³/mol. The van der Waals surface area contributed by atoms with Gasteiger partial charge in [0.25, 0.3) is 5.91 Å². The Morgan fingerprint density at radius 3 is 2.21 bits per heavy atom. The monoisotopic (exact) mass is 491 g/mol. The number of nitrogens with zero attached hydrogens (tertiary/aromatic N) is 3. The number of hydrogen-bond donors (Lipinski definition) is 0. The largest absolute Gasteiger partial charge is 0.468 e. The molecule has 1 aromatic heterocycles. The van der Waals surface area contributed by atoms with Crippen molar-refractivity contribution in [2.75, 3.05) is 28.3 Å². The Kier molecular flexibility index (Phi) is 7.10. The van der Waals surface area contributed by atoms with Crippen molar-refractivity contribution in [3.8, 4) is 0 Å². The number of hydrogen-bond acceptors (Lipinski definition) is 8. The van der Waals surface area contributed by atoms with Crippen molar-refractivity contribution in [2.24, 2.45) is 4.99 Å². The van der Waals surface area contributed by atoms with Crippen LogP contribution in [0.5, 0.6) is 0 Å². The van der Waals surface area contributed by atoms with Crippen LogP contribution in [0, 0.1) is 0 Å². The summed E-state index contributed by atoms with van der Waals surface area (Å²) in [5.41, 5.74) is 1.06. The molecular weight excluding hydrogens is 470 g/mol. The number of methoxy groups -OCH3 is 2. The zero-order valence-corrected chi connectivity index (χ0v) is 19.9. The van der Waals surface area contributed by atoms with E-state index in [2.05, 4.69) is 4.99 Å². The number of esters is 2. The summed E-state index contributed by atoms with van der Waals surface area (Å²) in [6.07, 6.45) is 0. The van der Waals surface area contributed by atoms with Gasteiger partial charge in [-0.25, -0.2) is 17.5 Å².